The van der Waals surface area contributed by atoms with Gasteiger partial charge >= 0.3 is 5.97 Å². The summed E-state index contributed by atoms with van der Waals surface area (Å²) in [6, 6.07) is 11.2. The molecule has 0 saturated carbocycles. The monoisotopic (exact) mass is 301 g/mol. The van der Waals surface area contributed by atoms with Crippen LogP contribution in [0, 0.1) is 0 Å². The first-order valence-electron chi connectivity index (χ1n) is 6.98. The number of amides is 1. The minimum atomic E-state index is -1.10. The Balaban J connectivity index is 2.14. The second kappa shape index (κ2) is 6.05. The van der Waals surface area contributed by atoms with Gasteiger partial charge < -0.3 is 14.8 Å². The van der Waals surface area contributed by atoms with Gasteiger partial charge in [0.05, 0.1) is 0 Å². The van der Waals surface area contributed by atoms with Crippen molar-refractivity contribution in [2.45, 2.75) is 26.2 Å². The number of hydrogen-bond acceptors (Lipinski definition) is 3. The predicted molar refractivity (Wildman–Crippen MR) is 82.8 cm³/mol. The molecule has 0 aliphatic heterocycles. The standard InChI is InChI=1S/C17H19NO4/c1-17(2,3)12-6-4-11(5-7-12)13-8-9-14(22-13)16(21)18-10-15(19)20/h4-9H,10H2,1-3H3,(H,18,21)(H,19,20). The summed E-state index contributed by atoms with van der Waals surface area (Å²) >= 11 is 0. The summed E-state index contributed by atoms with van der Waals surface area (Å²) in [6.45, 7) is 5.98. The third-order valence-electron chi connectivity index (χ3n) is 3.27. The fraction of sp³-hybridized carbons (Fsp3) is 0.294. The molecule has 1 aromatic carbocycles. The average Bonchev–Trinajstić information content (AvgIpc) is 2.93. The molecule has 0 unspecified atom stereocenters. The minimum Gasteiger partial charge on any atom is -0.480 e. The van der Waals surface area contributed by atoms with E-state index >= 15 is 0 Å². The van der Waals surface area contributed by atoms with Crippen LogP contribution in [0.1, 0.15) is 36.9 Å². The number of furan rings is 1. The van der Waals surface area contributed by atoms with E-state index < -0.39 is 18.4 Å². The third kappa shape index (κ3) is 3.75. The van der Waals surface area contributed by atoms with Crippen molar-refractivity contribution in [2.24, 2.45) is 0 Å². The van der Waals surface area contributed by atoms with Crippen LogP contribution in [0.3, 0.4) is 0 Å². The number of aliphatic carboxylic acids is 1. The zero-order chi connectivity index (χ0) is 16.3. The van der Waals surface area contributed by atoms with Crippen molar-refractivity contribution >= 4 is 11.9 Å². The van der Waals surface area contributed by atoms with Gasteiger partial charge in [-0.15, -0.1) is 0 Å². The number of rotatable bonds is 4. The molecule has 0 aliphatic rings. The van der Waals surface area contributed by atoms with Gasteiger partial charge in [-0.1, -0.05) is 45.0 Å². The Morgan fingerprint density at radius 1 is 1.09 bits per heavy atom. The summed E-state index contributed by atoms with van der Waals surface area (Å²) in [6.07, 6.45) is 0. The van der Waals surface area contributed by atoms with Crippen LogP contribution in [0.4, 0.5) is 0 Å². The molecule has 2 rings (SSSR count). The fourth-order valence-electron chi connectivity index (χ4n) is 1.99. The van der Waals surface area contributed by atoms with Crippen molar-refractivity contribution in [2.75, 3.05) is 6.54 Å². The number of carboxylic acid groups (broad SMARTS) is 1. The first kappa shape index (κ1) is 15.8. The number of carbonyl (C=O) groups excluding carboxylic acids is 1. The van der Waals surface area contributed by atoms with Crippen LogP contribution in [0.2, 0.25) is 0 Å². The normalized spacial score (nSPS) is 11.2. The van der Waals surface area contributed by atoms with E-state index in [1.54, 1.807) is 6.07 Å². The van der Waals surface area contributed by atoms with Gasteiger partial charge in [0.25, 0.3) is 5.91 Å². The van der Waals surface area contributed by atoms with Gasteiger partial charge in [0.2, 0.25) is 0 Å². The Bertz CT molecular complexity index is 677. The maximum absolute atomic E-state index is 11.7. The molecule has 0 bridgehead atoms. The van der Waals surface area contributed by atoms with Gasteiger partial charge in [0, 0.05) is 5.56 Å². The molecule has 0 aliphatic carbocycles. The van der Waals surface area contributed by atoms with Gasteiger partial charge in [-0.2, -0.15) is 0 Å². The lowest BCUT2D eigenvalue weighted by Crippen LogP contribution is -2.28. The quantitative estimate of drug-likeness (QED) is 0.909. The maximum Gasteiger partial charge on any atom is 0.322 e. The smallest absolute Gasteiger partial charge is 0.322 e. The molecule has 0 spiro atoms. The molecular weight excluding hydrogens is 282 g/mol. The summed E-state index contributed by atoms with van der Waals surface area (Å²) in [7, 11) is 0. The van der Waals surface area contributed by atoms with Crippen LogP contribution in [-0.4, -0.2) is 23.5 Å². The molecule has 0 atom stereocenters. The Hall–Kier alpha value is -2.56. The topological polar surface area (TPSA) is 79.5 Å². The highest BCUT2D eigenvalue weighted by atomic mass is 16.4. The Kier molecular flexibility index (Phi) is 4.35. The Morgan fingerprint density at radius 3 is 2.27 bits per heavy atom. The van der Waals surface area contributed by atoms with E-state index in [4.69, 9.17) is 9.52 Å². The van der Waals surface area contributed by atoms with Crippen LogP contribution < -0.4 is 5.32 Å². The first-order valence-corrected chi connectivity index (χ1v) is 6.98. The van der Waals surface area contributed by atoms with Crippen molar-refractivity contribution < 1.29 is 19.1 Å². The predicted octanol–water partition coefficient (Wildman–Crippen LogP) is 3.06. The number of nitrogens with one attached hydrogen (secondary N) is 1. The van der Waals surface area contributed by atoms with Crippen molar-refractivity contribution in [3.63, 3.8) is 0 Å². The molecule has 1 aromatic heterocycles. The molecule has 2 aromatic rings. The third-order valence-corrected chi connectivity index (χ3v) is 3.27. The number of benzene rings is 1. The van der Waals surface area contributed by atoms with Crippen LogP contribution >= 0.6 is 0 Å². The highest BCUT2D eigenvalue weighted by Crippen LogP contribution is 2.27. The maximum atomic E-state index is 11.7. The molecule has 0 radical (unpaired) electrons. The number of carbonyl (C=O) groups is 2. The summed E-state index contributed by atoms with van der Waals surface area (Å²) in [5.41, 5.74) is 2.15. The van der Waals surface area contributed by atoms with Gasteiger partial charge in [-0.3, -0.25) is 9.59 Å². The molecule has 2 N–H and O–H groups in total. The number of hydrogen-bond donors (Lipinski definition) is 2. The molecule has 22 heavy (non-hydrogen) atoms. The zero-order valence-electron chi connectivity index (χ0n) is 12.8. The summed E-state index contributed by atoms with van der Waals surface area (Å²) in [4.78, 5) is 22.1. The van der Waals surface area contributed by atoms with Gasteiger partial charge in [-0.25, -0.2) is 0 Å². The molecule has 5 nitrogen and oxygen atoms in total. The van der Waals surface area contributed by atoms with Crippen LogP contribution in [-0.2, 0) is 10.2 Å². The van der Waals surface area contributed by atoms with E-state index in [2.05, 4.69) is 26.1 Å². The Labute approximate surface area is 129 Å². The van der Waals surface area contributed by atoms with Gasteiger partial charge in [0.15, 0.2) is 5.76 Å². The SMILES string of the molecule is CC(C)(C)c1ccc(-c2ccc(C(=O)NCC(=O)O)o2)cc1. The molecule has 0 fully saturated rings. The van der Waals surface area contributed by atoms with Gasteiger partial charge in [-0.05, 0) is 23.1 Å². The van der Waals surface area contributed by atoms with E-state index in [9.17, 15) is 9.59 Å². The average molecular weight is 301 g/mol. The highest BCUT2D eigenvalue weighted by Gasteiger charge is 2.15. The molecule has 5 heteroatoms. The summed E-state index contributed by atoms with van der Waals surface area (Å²) in [5.74, 6) is -0.977. The van der Waals surface area contributed by atoms with E-state index in [-0.39, 0.29) is 11.2 Å². The molecule has 1 heterocycles. The molecule has 116 valence electrons. The summed E-state index contributed by atoms with van der Waals surface area (Å²) < 4.78 is 5.48. The van der Waals surface area contributed by atoms with Crippen molar-refractivity contribution in [3.8, 4) is 11.3 Å². The lowest BCUT2D eigenvalue weighted by atomic mass is 9.86. The van der Waals surface area contributed by atoms with Crippen LogP contribution in [0.25, 0.3) is 11.3 Å². The fourth-order valence-corrected chi connectivity index (χ4v) is 1.99. The number of carboxylic acids is 1. The van der Waals surface area contributed by atoms with Crippen molar-refractivity contribution in [1.29, 1.82) is 0 Å². The van der Waals surface area contributed by atoms with Gasteiger partial charge in [0.1, 0.15) is 12.3 Å². The van der Waals surface area contributed by atoms with Crippen molar-refractivity contribution in [1.82, 2.24) is 5.32 Å². The minimum absolute atomic E-state index is 0.0730. The largest absolute Gasteiger partial charge is 0.480 e. The zero-order valence-corrected chi connectivity index (χ0v) is 12.8. The van der Waals surface area contributed by atoms with Crippen LogP contribution in [0.5, 0.6) is 0 Å². The van der Waals surface area contributed by atoms with Crippen molar-refractivity contribution in [3.05, 3.63) is 47.7 Å². The molecule has 0 saturated heterocycles. The Morgan fingerprint density at radius 2 is 1.73 bits per heavy atom. The first-order chi connectivity index (χ1) is 10.3. The van der Waals surface area contributed by atoms with Crippen LogP contribution in [0.15, 0.2) is 40.8 Å². The second-order valence-electron chi connectivity index (χ2n) is 6.07. The van der Waals surface area contributed by atoms with E-state index in [0.717, 1.165) is 5.56 Å². The second-order valence-corrected chi connectivity index (χ2v) is 6.07. The highest BCUT2D eigenvalue weighted by molar-refractivity contribution is 5.93. The lowest BCUT2D eigenvalue weighted by molar-refractivity contribution is -0.135. The lowest BCUT2D eigenvalue weighted by Gasteiger charge is -2.18. The van der Waals surface area contributed by atoms with E-state index in [0.29, 0.717) is 5.76 Å². The van der Waals surface area contributed by atoms with E-state index in [1.165, 1.54) is 11.6 Å². The molecular formula is C17H19NO4. The van der Waals surface area contributed by atoms with E-state index in [1.807, 2.05) is 24.3 Å². The molecule has 1 amide bonds. The summed E-state index contributed by atoms with van der Waals surface area (Å²) in [5, 5.41) is 10.8.